The Morgan fingerprint density at radius 3 is 3.17 bits per heavy atom. The van der Waals surface area contributed by atoms with E-state index < -0.39 is 0 Å². The average Bonchev–Trinajstić information content (AvgIpc) is 3.18. The number of carbonyl (C=O) groups is 1. The van der Waals surface area contributed by atoms with Crippen molar-refractivity contribution in [1.29, 1.82) is 0 Å². The molecule has 7 heteroatoms. The summed E-state index contributed by atoms with van der Waals surface area (Å²) < 4.78 is 6.88. The molecule has 2 amide bonds. The third-order valence-electron chi connectivity index (χ3n) is 4.85. The van der Waals surface area contributed by atoms with E-state index in [2.05, 4.69) is 22.2 Å². The smallest absolute Gasteiger partial charge is 0.318 e. The van der Waals surface area contributed by atoms with Gasteiger partial charge in [0.15, 0.2) is 0 Å². The zero-order chi connectivity index (χ0) is 16.2. The zero-order valence-electron chi connectivity index (χ0n) is 14.1. The van der Waals surface area contributed by atoms with Crippen LogP contribution in [0.3, 0.4) is 0 Å². The van der Waals surface area contributed by atoms with E-state index >= 15 is 0 Å². The lowest BCUT2D eigenvalue weighted by molar-refractivity contribution is 0.0802. The second-order valence-corrected chi connectivity index (χ2v) is 6.56. The molecule has 0 unspecified atom stereocenters. The minimum atomic E-state index is 0.0358. The number of ether oxygens (including phenoxy) is 1. The number of rotatable bonds is 5. The van der Waals surface area contributed by atoms with Crippen LogP contribution >= 0.6 is 0 Å². The monoisotopic (exact) mass is 321 g/mol. The normalized spacial score (nSPS) is 24.7. The van der Waals surface area contributed by atoms with Crippen molar-refractivity contribution in [3.63, 3.8) is 0 Å². The van der Waals surface area contributed by atoms with Gasteiger partial charge in [0.2, 0.25) is 0 Å². The maximum absolute atomic E-state index is 12.5. The molecule has 2 fully saturated rings. The number of carbonyl (C=O) groups excluding carboxylic acids is 1. The van der Waals surface area contributed by atoms with Gasteiger partial charge in [0.25, 0.3) is 0 Å². The van der Waals surface area contributed by atoms with Gasteiger partial charge in [-0.15, -0.1) is 0 Å². The van der Waals surface area contributed by atoms with E-state index in [4.69, 9.17) is 4.74 Å². The molecule has 0 aromatic carbocycles. The molecule has 2 saturated heterocycles. The summed E-state index contributed by atoms with van der Waals surface area (Å²) in [6.07, 6.45) is 6.22. The number of amides is 2. The molecule has 3 rings (SSSR count). The maximum atomic E-state index is 12.5. The predicted molar refractivity (Wildman–Crippen MR) is 87.1 cm³/mol. The fraction of sp³-hybridized carbons (Fsp3) is 0.750. The number of hydrogen-bond donors (Lipinski definition) is 1. The summed E-state index contributed by atoms with van der Waals surface area (Å²) >= 11 is 0. The molecule has 128 valence electrons. The van der Waals surface area contributed by atoms with Crippen molar-refractivity contribution in [3.05, 3.63) is 18.0 Å². The van der Waals surface area contributed by atoms with Crippen LogP contribution in [0.15, 0.2) is 12.4 Å². The summed E-state index contributed by atoms with van der Waals surface area (Å²) in [5.74, 6) is 0. The number of hydrogen-bond acceptors (Lipinski definition) is 4. The van der Waals surface area contributed by atoms with Crippen LogP contribution in [0.5, 0.6) is 0 Å². The van der Waals surface area contributed by atoms with E-state index in [-0.39, 0.29) is 12.1 Å². The Labute approximate surface area is 137 Å². The molecule has 0 spiro atoms. The summed E-state index contributed by atoms with van der Waals surface area (Å²) in [5.41, 5.74) is 1.02. The Hall–Kier alpha value is -1.60. The van der Waals surface area contributed by atoms with Crippen LogP contribution < -0.4 is 5.32 Å². The fourth-order valence-corrected chi connectivity index (χ4v) is 3.55. The van der Waals surface area contributed by atoms with E-state index in [9.17, 15) is 4.79 Å². The van der Waals surface area contributed by atoms with Crippen LogP contribution in [0.2, 0.25) is 0 Å². The maximum Gasteiger partial charge on any atom is 0.318 e. The molecule has 1 aromatic rings. The lowest BCUT2D eigenvalue weighted by Crippen LogP contribution is -2.58. The SMILES string of the molecule is COCCn1cc(CNC(=O)N2C[C@H]3CCCN3C[C@@H]2C)cn1. The largest absolute Gasteiger partial charge is 0.383 e. The van der Waals surface area contributed by atoms with E-state index in [0.717, 1.165) is 25.2 Å². The van der Waals surface area contributed by atoms with Gasteiger partial charge >= 0.3 is 6.03 Å². The van der Waals surface area contributed by atoms with Crippen LogP contribution in [0.1, 0.15) is 25.3 Å². The molecule has 2 atom stereocenters. The molecule has 3 heterocycles. The fourth-order valence-electron chi connectivity index (χ4n) is 3.55. The van der Waals surface area contributed by atoms with E-state index in [1.807, 2.05) is 15.8 Å². The highest BCUT2D eigenvalue weighted by Gasteiger charge is 2.36. The highest BCUT2D eigenvalue weighted by molar-refractivity contribution is 5.74. The first kappa shape index (κ1) is 16.3. The Morgan fingerprint density at radius 1 is 1.48 bits per heavy atom. The van der Waals surface area contributed by atoms with Gasteiger partial charge < -0.3 is 15.0 Å². The first-order valence-electron chi connectivity index (χ1n) is 8.46. The van der Waals surface area contributed by atoms with Crippen molar-refractivity contribution in [3.8, 4) is 0 Å². The van der Waals surface area contributed by atoms with Crippen LogP contribution in [0.4, 0.5) is 4.79 Å². The molecule has 1 N–H and O–H groups in total. The minimum Gasteiger partial charge on any atom is -0.383 e. The van der Waals surface area contributed by atoms with E-state index in [1.165, 1.54) is 19.4 Å². The van der Waals surface area contributed by atoms with Crippen molar-refractivity contribution in [2.75, 3.05) is 33.4 Å². The lowest BCUT2D eigenvalue weighted by Gasteiger charge is -2.42. The summed E-state index contributed by atoms with van der Waals surface area (Å²) in [5, 5.41) is 7.30. The average molecular weight is 321 g/mol. The second-order valence-electron chi connectivity index (χ2n) is 6.56. The van der Waals surface area contributed by atoms with Crippen LogP contribution in [0, 0.1) is 0 Å². The molecule has 2 aliphatic rings. The zero-order valence-corrected chi connectivity index (χ0v) is 14.1. The number of nitrogens with zero attached hydrogens (tertiary/aromatic N) is 4. The van der Waals surface area contributed by atoms with Gasteiger partial charge in [0, 0.05) is 50.6 Å². The number of methoxy groups -OCH3 is 1. The summed E-state index contributed by atoms with van der Waals surface area (Å²) in [4.78, 5) is 17.0. The van der Waals surface area contributed by atoms with Gasteiger partial charge in [-0.1, -0.05) is 0 Å². The van der Waals surface area contributed by atoms with Gasteiger partial charge in [0.05, 0.1) is 19.3 Å². The highest BCUT2D eigenvalue weighted by atomic mass is 16.5. The van der Waals surface area contributed by atoms with Crippen molar-refractivity contribution < 1.29 is 9.53 Å². The molecule has 0 saturated carbocycles. The van der Waals surface area contributed by atoms with Crippen LogP contribution in [0.25, 0.3) is 0 Å². The molecular formula is C16H27N5O2. The molecule has 0 bridgehead atoms. The van der Waals surface area contributed by atoms with Crippen molar-refractivity contribution in [2.24, 2.45) is 0 Å². The first-order valence-corrected chi connectivity index (χ1v) is 8.46. The van der Waals surface area contributed by atoms with E-state index in [1.54, 1.807) is 13.3 Å². The van der Waals surface area contributed by atoms with Crippen molar-refractivity contribution in [2.45, 2.75) is 44.9 Å². The first-order chi connectivity index (χ1) is 11.2. The lowest BCUT2D eigenvalue weighted by atomic mass is 10.1. The van der Waals surface area contributed by atoms with Gasteiger partial charge in [0.1, 0.15) is 0 Å². The van der Waals surface area contributed by atoms with Crippen molar-refractivity contribution >= 4 is 6.03 Å². The molecule has 0 aliphatic carbocycles. The molecule has 0 radical (unpaired) electrons. The standard InChI is InChI=1S/C16H27N5O2/c1-13-10-19-5-3-4-15(19)12-21(13)16(22)17-8-14-9-18-20(11-14)6-7-23-2/h9,11,13,15H,3-8,10,12H2,1-2H3,(H,17,22)/t13-,15+/m0/s1. The predicted octanol–water partition coefficient (Wildman–Crippen LogP) is 0.908. The Kier molecular flexibility index (Phi) is 5.17. The van der Waals surface area contributed by atoms with Gasteiger partial charge in [-0.3, -0.25) is 9.58 Å². The van der Waals surface area contributed by atoms with E-state index in [0.29, 0.717) is 19.2 Å². The molecule has 23 heavy (non-hydrogen) atoms. The number of aromatic nitrogens is 2. The van der Waals surface area contributed by atoms with Crippen molar-refractivity contribution in [1.82, 2.24) is 24.9 Å². The molecule has 7 nitrogen and oxygen atoms in total. The summed E-state index contributed by atoms with van der Waals surface area (Å²) in [7, 11) is 1.68. The summed E-state index contributed by atoms with van der Waals surface area (Å²) in [6, 6.07) is 0.858. The second kappa shape index (κ2) is 7.31. The number of urea groups is 1. The van der Waals surface area contributed by atoms with Gasteiger partial charge in [-0.25, -0.2) is 4.79 Å². The number of piperazine rings is 1. The number of fused-ring (bicyclic) bond motifs is 1. The Morgan fingerprint density at radius 2 is 2.35 bits per heavy atom. The molecular weight excluding hydrogens is 294 g/mol. The topological polar surface area (TPSA) is 62.6 Å². The molecule has 2 aliphatic heterocycles. The van der Waals surface area contributed by atoms with Crippen LogP contribution in [-0.4, -0.2) is 71.0 Å². The Bertz CT molecular complexity index is 532. The van der Waals surface area contributed by atoms with Gasteiger partial charge in [-0.05, 0) is 26.3 Å². The quantitative estimate of drug-likeness (QED) is 0.875. The minimum absolute atomic E-state index is 0.0358. The summed E-state index contributed by atoms with van der Waals surface area (Å²) in [6.45, 7) is 7.04. The van der Waals surface area contributed by atoms with Gasteiger partial charge in [-0.2, -0.15) is 5.10 Å². The third kappa shape index (κ3) is 3.84. The number of nitrogens with one attached hydrogen (secondary N) is 1. The molecule has 1 aromatic heterocycles. The Balaban J connectivity index is 1.49. The third-order valence-corrected chi connectivity index (χ3v) is 4.85. The van der Waals surface area contributed by atoms with Crippen LogP contribution in [-0.2, 0) is 17.8 Å². The highest BCUT2D eigenvalue weighted by Crippen LogP contribution is 2.24.